The number of nitrogens with zero attached hydrogens (tertiary/aromatic N) is 1. The van der Waals surface area contributed by atoms with Gasteiger partial charge in [0.05, 0.1) is 12.1 Å². The molecule has 7 heteroatoms. The van der Waals surface area contributed by atoms with E-state index in [1.54, 1.807) is 23.6 Å². The number of aryl methyl sites for hydroxylation is 1. The SMILES string of the molecule is Cc1cc(Cl)ccc1OCC(=O)c1nc(CC(=O)O)cs1. The first-order valence-electron chi connectivity index (χ1n) is 6.04. The molecule has 1 aromatic carbocycles. The Balaban J connectivity index is 1.98. The van der Waals surface area contributed by atoms with Crippen molar-refractivity contribution in [3.05, 3.63) is 44.9 Å². The highest BCUT2D eigenvalue weighted by atomic mass is 35.5. The van der Waals surface area contributed by atoms with E-state index in [-0.39, 0.29) is 23.8 Å². The molecule has 2 rings (SSSR count). The van der Waals surface area contributed by atoms with Crippen LogP contribution in [0.5, 0.6) is 5.75 Å². The minimum Gasteiger partial charge on any atom is -0.485 e. The van der Waals surface area contributed by atoms with E-state index in [1.807, 2.05) is 6.92 Å². The topological polar surface area (TPSA) is 76.5 Å². The van der Waals surface area contributed by atoms with Gasteiger partial charge in [0.25, 0.3) is 0 Å². The molecule has 0 unspecified atom stereocenters. The summed E-state index contributed by atoms with van der Waals surface area (Å²) in [7, 11) is 0. The van der Waals surface area contributed by atoms with E-state index in [9.17, 15) is 9.59 Å². The molecule has 0 radical (unpaired) electrons. The molecule has 21 heavy (non-hydrogen) atoms. The van der Waals surface area contributed by atoms with Crippen LogP contribution in [0, 0.1) is 6.92 Å². The van der Waals surface area contributed by atoms with E-state index in [2.05, 4.69) is 4.98 Å². The number of halogens is 1. The number of benzene rings is 1. The summed E-state index contributed by atoms with van der Waals surface area (Å²) in [5, 5.41) is 11.1. The smallest absolute Gasteiger partial charge is 0.309 e. The van der Waals surface area contributed by atoms with Crippen LogP contribution in [0.15, 0.2) is 23.6 Å². The van der Waals surface area contributed by atoms with Crippen molar-refractivity contribution in [1.29, 1.82) is 0 Å². The number of carbonyl (C=O) groups excluding carboxylic acids is 1. The van der Waals surface area contributed by atoms with Crippen LogP contribution in [0.3, 0.4) is 0 Å². The van der Waals surface area contributed by atoms with Gasteiger partial charge in [-0.25, -0.2) is 4.98 Å². The molecule has 1 heterocycles. The second-order valence-corrected chi connectivity index (χ2v) is 5.63. The Morgan fingerprint density at radius 1 is 1.43 bits per heavy atom. The number of Topliss-reactive ketones (excluding diaryl/α,β-unsaturated/α-hetero) is 1. The normalized spacial score (nSPS) is 10.4. The van der Waals surface area contributed by atoms with Crippen molar-refractivity contribution in [2.75, 3.05) is 6.61 Å². The molecule has 0 amide bonds. The van der Waals surface area contributed by atoms with Gasteiger partial charge in [0, 0.05) is 10.4 Å². The summed E-state index contributed by atoms with van der Waals surface area (Å²) in [4.78, 5) is 26.5. The Morgan fingerprint density at radius 2 is 2.19 bits per heavy atom. The number of ketones is 1. The number of carboxylic acid groups (broad SMARTS) is 1. The van der Waals surface area contributed by atoms with Crippen molar-refractivity contribution in [2.24, 2.45) is 0 Å². The number of aliphatic carboxylic acids is 1. The van der Waals surface area contributed by atoms with Crippen molar-refractivity contribution >= 4 is 34.7 Å². The van der Waals surface area contributed by atoms with E-state index in [1.165, 1.54) is 0 Å². The number of aromatic nitrogens is 1. The Bertz CT molecular complexity index is 683. The molecule has 1 N–H and O–H groups in total. The standard InChI is InChI=1S/C14H12ClNO4S/c1-8-4-9(15)2-3-12(8)20-6-11(17)14-16-10(7-21-14)5-13(18)19/h2-4,7H,5-6H2,1H3,(H,18,19). The fourth-order valence-electron chi connectivity index (χ4n) is 1.65. The second kappa shape index (κ2) is 6.69. The van der Waals surface area contributed by atoms with E-state index >= 15 is 0 Å². The summed E-state index contributed by atoms with van der Waals surface area (Å²) >= 11 is 6.96. The number of carbonyl (C=O) groups is 2. The number of ether oxygens (including phenoxy) is 1. The maximum absolute atomic E-state index is 11.9. The zero-order valence-corrected chi connectivity index (χ0v) is 12.7. The lowest BCUT2D eigenvalue weighted by molar-refractivity contribution is -0.136. The van der Waals surface area contributed by atoms with Gasteiger partial charge in [-0.3, -0.25) is 9.59 Å². The number of carboxylic acids is 1. The number of hydrogen-bond donors (Lipinski definition) is 1. The average molecular weight is 326 g/mol. The highest BCUT2D eigenvalue weighted by molar-refractivity contribution is 7.11. The maximum atomic E-state index is 11.9. The van der Waals surface area contributed by atoms with Crippen LogP contribution in [0.1, 0.15) is 21.1 Å². The third-order valence-corrected chi connectivity index (χ3v) is 3.79. The van der Waals surface area contributed by atoms with Gasteiger partial charge in [0.2, 0.25) is 5.78 Å². The van der Waals surface area contributed by atoms with E-state index < -0.39 is 5.97 Å². The number of rotatable bonds is 6. The molecule has 0 spiro atoms. The lowest BCUT2D eigenvalue weighted by Gasteiger charge is -2.07. The van der Waals surface area contributed by atoms with Crippen LogP contribution in [-0.2, 0) is 11.2 Å². The van der Waals surface area contributed by atoms with Crippen LogP contribution in [0.2, 0.25) is 5.02 Å². The summed E-state index contributed by atoms with van der Waals surface area (Å²) in [5.41, 5.74) is 1.21. The quantitative estimate of drug-likeness (QED) is 0.826. The lowest BCUT2D eigenvalue weighted by Crippen LogP contribution is -2.12. The van der Waals surface area contributed by atoms with Crippen LogP contribution in [-0.4, -0.2) is 28.4 Å². The summed E-state index contributed by atoms with van der Waals surface area (Å²) < 4.78 is 5.44. The molecule has 0 saturated heterocycles. The first kappa shape index (κ1) is 15.5. The molecule has 5 nitrogen and oxygen atoms in total. The van der Waals surface area contributed by atoms with Gasteiger partial charge < -0.3 is 9.84 Å². The molecule has 1 aromatic heterocycles. The molecule has 110 valence electrons. The number of hydrogen-bond acceptors (Lipinski definition) is 5. The van der Waals surface area contributed by atoms with Gasteiger partial charge in [0.1, 0.15) is 5.75 Å². The fraction of sp³-hybridized carbons (Fsp3) is 0.214. The molecule has 0 bridgehead atoms. The molecular weight excluding hydrogens is 314 g/mol. The Hall–Kier alpha value is -1.92. The van der Waals surface area contributed by atoms with Gasteiger partial charge in [-0.05, 0) is 30.7 Å². The zero-order chi connectivity index (χ0) is 15.4. The maximum Gasteiger partial charge on any atom is 0.309 e. The first-order chi connectivity index (χ1) is 9.95. The highest BCUT2D eigenvalue weighted by Gasteiger charge is 2.14. The molecule has 0 aliphatic rings. The Morgan fingerprint density at radius 3 is 2.86 bits per heavy atom. The van der Waals surface area contributed by atoms with E-state index in [4.69, 9.17) is 21.4 Å². The average Bonchev–Trinajstić information content (AvgIpc) is 2.85. The third kappa shape index (κ3) is 4.27. The summed E-state index contributed by atoms with van der Waals surface area (Å²) in [6.07, 6.45) is -0.194. The lowest BCUT2D eigenvalue weighted by atomic mass is 10.2. The van der Waals surface area contributed by atoms with Crippen LogP contribution in [0.4, 0.5) is 0 Å². The summed E-state index contributed by atoms with van der Waals surface area (Å²) in [5.74, 6) is -0.687. The van der Waals surface area contributed by atoms with E-state index in [0.717, 1.165) is 16.9 Å². The second-order valence-electron chi connectivity index (χ2n) is 4.34. The molecule has 0 aliphatic heterocycles. The summed E-state index contributed by atoms with van der Waals surface area (Å²) in [6, 6.07) is 5.13. The molecular formula is C14H12ClNO4S. The predicted molar refractivity (Wildman–Crippen MR) is 79.5 cm³/mol. The molecule has 0 atom stereocenters. The first-order valence-corrected chi connectivity index (χ1v) is 7.30. The van der Waals surface area contributed by atoms with Crippen molar-refractivity contribution in [1.82, 2.24) is 4.98 Å². The minimum absolute atomic E-state index is 0.150. The largest absolute Gasteiger partial charge is 0.485 e. The van der Waals surface area contributed by atoms with Gasteiger partial charge in [0.15, 0.2) is 11.6 Å². The van der Waals surface area contributed by atoms with E-state index in [0.29, 0.717) is 16.5 Å². The van der Waals surface area contributed by atoms with Crippen molar-refractivity contribution < 1.29 is 19.4 Å². The highest BCUT2D eigenvalue weighted by Crippen LogP contribution is 2.22. The van der Waals surface area contributed by atoms with Crippen molar-refractivity contribution in [2.45, 2.75) is 13.3 Å². The Labute approximate surface area is 130 Å². The van der Waals surface area contributed by atoms with Gasteiger partial charge in [-0.15, -0.1) is 11.3 Å². The third-order valence-electron chi connectivity index (χ3n) is 2.62. The molecule has 0 aliphatic carbocycles. The van der Waals surface area contributed by atoms with Crippen LogP contribution < -0.4 is 4.74 Å². The number of thiazole rings is 1. The van der Waals surface area contributed by atoms with Gasteiger partial charge >= 0.3 is 5.97 Å². The van der Waals surface area contributed by atoms with Gasteiger partial charge in [-0.2, -0.15) is 0 Å². The molecule has 0 fully saturated rings. The fourth-order valence-corrected chi connectivity index (χ4v) is 2.62. The molecule has 2 aromatic rings. The van der Waals surface area contributed by atoms with Crippen LogP contribution in [0.25, 0.3) is 0 Å². The Kier molecular flexibility index (Phi) is 4.93. The molecule has 0 saturated carbocycles. The van der Waals surface area contributed by atoms with Crippen molar-refractivity contribution in [3.8, 4) is 5.75 Å². The predicted octanol–water partition coefficient (Wildman–Crippen LogP) is 2.99. The minimum atomic E-state index is -0.979. The zero-order valence-electron chi connectivity index (χ0n) is 11.1. The van der Waals surface area contributed by atoms with Crippen LogP contribution >= 0.6 is 22.9 Å². The monoisotopic (exact) mass is 325 g/mol. The summed E-state index contributed by atoms with van der Waals surface area (Å²) in [6.45, 7) is 1.68. The van der Waals surface area contributed by atoms with Gasteiger partial charge in [-0.1, -0.05) is 11.6 Å². The van der Waals surface area contributed by atoms with Crippen molar-refractivity contribution in [3.63, 3.8) is 0 Å².